The summed E-state index contributed by atoms with van der Waals surface area (Å²) in [5, 5.41) is 10.6. The molecule has 1 aliphatic carbocycles. The van der Waals surface area contributed by atoms with Crippen LogP contribution in [-0.4, -0.2) is 29.0 Å². The van der Waals surface area contributed by atoms with Crippen molar-refractivity contribution in [2.75, 3.05) is 13.1 Å². The lowest BCUT2D eigenvalue weighted by Gasteiger charge is -2.34. The molecular formula is C21H25NO2S. The van der Waals surface area contributed by atoms with Gasteiger partial charge in [0.15, 0.2) is 0 Å². The molecule has 3 nitrogen and oxygen atoms in total. The number of benzene rings is 1. The lowest BCUT2D eigenvalue weighted by Crippen LogP contribution is -2.39. The number of hydrogen-bond acceptors (Lipinski definition) is 3. The Morgan fingerprint density at radius 3 is 2.56 bits per heavy atom. The van der Waals surface area contributed by atoms with E-state index in [4.69, 9.17) is 0 Å². The second-order valence-electron chi connectivity index (χ2n) is 7.25. The van der Waals surface area contributed by atoms with Gasteiger partial charge in [-0.15, -0.1) is 11.3 Å². The molecular weight excluding hydrogens is 330 g/mol. The number of aliphatic hydroxyl groups excluding tert-OH is 1. The number of aryl methyl sites for hydroxylation is 2. The quantitative estimate of drug-likeness (QED) is 0.896. The van der Waals surface area contributed by atoms with E-state index in [1.165, 1.54) is 23.3 Å². The number of hydrogen-bond donors (Lipinski definition) is 1. The largest absolute Gasteiger partial charge is 0.388 e. The van der Waals surface area contributed by atoms with Gasteiger partial charge in [-0.3, -0.25) is 4.79 Å². The third-order valence-electron chi connectivity index (χ3n) is 5.62. The third-order valence-corrected chi connectivity index (χ3v) is 6.85. The predicted molar refractivity (Wildman–Crippen MR) is 101 cm³/mol. The topological polar surface area (TPSA) is 40.5 Å². The van der Waals surface area contributed by atoms with Crippen molar-refractivity contribution in [3.8, 4) is 0 Å². The number of amides is 1. The first-order valence-electron chi connectivity index (χ1n) is 9.36. The number of rotatable bonds is 3. The number of piperidine rings is 1. The van der Waals surface area contributed by atoms with Crippen LogP contribution in [0, 0.1) is 5.92 Å². The zero-order valence-electron chi connectivity index (χ0n) is 14.5. The smallest absolute Gasteiger partial charge is 0.263 e. The molecule has 0 saturated carbocycles. The normalized spacial score (nSPS) is 19.5. The molecule has 1 aromatic heterocycles. The van der Waals surface area contributed by atoms with E-state index in [-0.39, 0.29) is 11.8 Å². The predicted octanol–water partition coefficient (Wildman–Crippen LogP) is 4.21. The van der Waals surface area contributed by atoms with Crippen LogP contribution in [0.15, 0.2) is 36.4 Å². The fourth-order valence-electron chi connectivity index (χ4n) is 4.09. The Balaban J connectivity index is 1.38. The van der Waals surface area contributed by atoms with Crippen LogP contribution >= 0.6 is 11.3 Å². The Hall–Kier alpha value is -1.65. The number of carbonyl (C=O) groups excluding carboxylic acids is 1. The van der Waals surface area contributed by atoms with E-state index in [1.54, 1.807) is 11.3 Å². The minimum atomic E-state index is -0.424. The van der Waals surface area contributed by atoms with Crippen molar-refractivity contribution < 1.29 is 9.90 Å². The minimum Gasteiger partial charge on any atom is -0.388 e. The van der Waals surface area contributed by atoms with Crippen molar-refractivity contribution in [3.63, 3.8) is 0 Å². The van der Waals surface area contributed by atoms with Crippen LogP contribution in [0.25, 0.3) is 0 Å². The van der Waals surface area contributed by atoms with Crippen molar-refractivity contribution in [1.82, 2.24) is 4.90 Å². The standard InChI is InChI=1S/C21H25NO2S/c23-20(15-6-2-1-3-7-15)16-10-12-22(13-11-16)21(24)19-14-17-8-4-5-9-18(17)25-19/h1-3,6-7,14,16,20,23H,4-5,8-13H2. The molecule has 1 saturated heterocycles. The molecule has 0 spiro atoms. The van der Waals surface area contributed by atoms with Crippen LogP contribution < -0.4 is 0 Å². The maximum atomic E-state index is 12.8. The van der Waals surface area contributed by atoms with Gasteiger partial charge in [0.05, 0.1) is 11.0 Å². The first-order valence-corrected chi connectivity index (χ1v) is 10.2. The van der Waals surface area contributed by atoms with E-state index in [0.29, 0.717) is 0 Å². The maximum absolute atomic E-state index is 12.8. The molecule has 0 bridgehead atoms. The van der Waals surface area contributed by atoms with E-state index in [9.17, 15) is 9.90 Å². The van der Waals surface area contributed by atoms with Crippen LogP contribution in [0.1, 0.15) is 57.5 Å². The molecule has 1 aromatic carbocycles. The number of fused-ring (bicyclic) bond motifs is 1. The first-order chi connectivity index (χ1) is 12.2. The number of carbonyl (C=O) groups is 1. The SMILES string of the molecule is O=C(c1cc2c(s1)CCCC2)N1CCC(C(O)c2ccccc2)CC1. The Bertz CT molecular complexity index is 708. The van der Waals surface area contributed by atoms with Crippen LogP contribution in [0.3, 0.4) is 0 Å². The zero-order valence-corrected chi connectivity index (χ0v) is 15.3. The maximum Gasteiger partial charge on any atom is 0.263 e. The molecule has 1 amide bonds. The van der Waals surface area contributed by atoms with Gasteiger partial charge in [-0.1, -0.05) is 30.3 Å². The molecule has 2 heterocycles. The van der Waals surface area contributed by atoms with Gasteiger partial charge in [0.2, 0.25) is 0 Å². The first kappa shape index (κ1) is 16.8. The minimum absolute atomic E-state index is 0.187. The average molecular weight is 356 g/mol. The molecule has 1 aliphatic heterocycles. The fourth-order valence-corrected chi connectivity index (χ4v) is 5.31. The van der Waals surface area contributed by atoms with Gasteiger partial charge in [0.25, 0.3) is 5.91 Å². The molecule has 1 fully saturated rings. The van der Waals surface area contributed by atoms with Crippen LogP contribution in [-0.2, 0) is 12.8 Å². The molecule has 4 heteroatoms. The van der Waals surface area contributed by atoms with Gasteiger partial charge in [-0.05, 0) is 61.6 Å². The molecule has 1 N–H and O–H groups in total. The number of likely N-dealkylation sites (tertiary alicyclic amines) is 1. The van der Waals surface area contributed by atoms with E-state index < -0.39 is 6.10 Å². The highest BCUT2D eigenvalue weighted by Crippen LogP contribution is 2.33. The second-order valence-corrected chi connectivity index (χ2v) is 8.39. The van der Waals surface area contributed by atoms with Crippen LogP contribution in [0.4, 0.5) is 0 Å². The van der Waals surface area contributed by atoms with Gasteiger partial charge in [-0.2, -0.15) is 0 Å². The molecule has 132 valence electrons. The highest BCUT2D eigenvalue weighted by Gasteiger charge is 2.29. The van der Waals surface area contributed by atoms with Gasteiger partial charge < -0.3 is 10.0 Å². The van der Waals surface area contributed by atoms with Gasteiger partial charge in [0.1, 0.15) is 0 Å². The summed E-state index contributed by atoms with van der Waals surface area (Å²) in [5.41, 5.74) is 2.38. The molecule has 2 aliphatic rings. The van der Waals surface area contributed by atoms with Gasteiger partial charge in [0, 0.05) is 18.0 Å². The molecule has 1 atom stereocenters. The number of nitrogens with zero attached hydrogens (tertiary/aromatic N) is 1. The summed E-state index contributed by atoms with van der Waals surface area (Å²) in [6.45, 7) is 1.49. The fraction of sp³-hybridized carbons (Fsp3) is 0.476. The lowest BCUT2D eigenvalue weighted by molar-refractivity contribution is 0.0465. The van der Waals surface area contributed by atoms with Crippen molar-refractivity contribution in [3.05, 3.63) is 57.3 Å². The highest BCUT2D eigenvalue weighted by atomic mass is 32.1. The van der Waals surface area contributed by atoms with E-state index in [2.05, 4.69) is 6.07 Å². The van der Waals surface area contributed by atoms with E-state index in [0.717, 1.165) is 49.2 Å². The third kappa shape index (κ3) is 3.51. The summed E-state index contributed by atoms with van der Waals surface area (Å²) in [5.74, 6) is 0.426. The summed E-state index contributed by atoms with van der Waals surface area (Å²) < 4.78 is 0. The molecule has 1 unspecified atom stereocenters. The molecule has 0 radical (unpaired) electrons. The average Bonchev–Trinajstić information content (AvgIpc) is 3.12. The monoisotopic (exact) mass is 355 g/mol. The zero-order chi connectivity index (χ0) is 17.2. The van der Waals surface area contributed by atoms with Crippen LogP contribution in [0.5, 0.6) is 0 Å². The van der Waals surface area contributed by atoms with Crippen LogP contribution in [0.2, 0.25) is 0 Å². The number of aliphatic hydroxyl groups is 1. The Morgan fingerprint density at radius 2 is 1.84 bits per heavy atom. The summed E-state index contributed by atoms with van der Waals surface area (Å²) in [6, 6.07) is 12.0. The van der Waals surface area contributed by atoms with Crippen molar-refractivity contribution >= 4 is 17.2 Å². The summed E-state index contributed by atoms with van der Waals surface area (Å²) >= 11 is 1.70. The number of thiophene rings is 1. The Morgan fingerprint density at radius 1 is 1.12 bits per heavy atom. The van der Waals surface area contributed by atoms with Gasteiger partial charge in [-0.25, -0.2) is 0 Å². The summed E-state index contributed by atoms with van der Waals surface area (Å²) in [7, 11) is 0. The van der Waals surface area contributed by atoms with Crippen molar-refractivity contribution in [2.24, 2.45) is 5.92 Å². The Kier molecular flexibility index (Phi) is 4.91. The Labute approximate surface area is 153 Å². The van der Waals surface area contributed by atoms with Crippen molar-refractivity contribution in [1.29, 1.82) is 0 Å². The molecule has 4 rings (SSSR count). The van der Waals surface area contributed by atoms with E-state index >= 15 is 0 Å². The second kappa shape index (κ2) is 7.30. The molecule has 25 heavy (non-hydrogen) atoms. The molecule has 2 aromatic rings. The summed E-state index contributed by atoms with van der Waals surface area (Å²) in [6.07, 6.45) is 6.08. The summed E-state index contributed by atoms with van der Waals surface area (Å²) in [4.78, 5) is 17.1. The lowest BCUT2D eigenvalue weighted by atomic mass is 9.87. The van der Waals surface area contributed by atoms with Gasteiger partial charge >= 0.3 is 0 Å². The van der Waals surface area contributed by atoms with E-state index in [1.807, 2.05) is 35.2 Å². The highest BCUT2D eigenvalue weighted by molar-refractivity contribution is 7.14. The van der Waals surface area contributed by atoms with Crippen molar-refractivity contribution in [2.45, 2.75) is 44.6 Å².